The zero-order valence-electron chi connectivity index (χ0n) is 10.3. The molecule has 0 aromatic carbocycles. The maximum Gasteiger partial charge on any atom is 0.225 e. The Morgan fingerprint density at radius 2 is 2.12 bits per heavy atom. The normalized spacial score (nSPS) is 10.2. The van der Waals surface area contributed by atoms with Crippen LogP contribution >= 0.6 is 0 Å². The first-order valence-electron chi connectivity index (χ1n) is 6.18. The highest BCUT2D eigenvalue weighted by molar-refractivity contribution is 5.90. The van der Waals surface area contributed by atoms with Gasteiger partial charge in [0.1, 0.15) is 0 Å². The molecule has 0 unspecified atom stereocenters. The van der Waals surface area contributed by atoms with Crippen molar-refractivity contribution in [1.29, 1.82) is 0 Å². The largest absolute Gasteiger partial charge is 0.504 e. The average molecular weight is 236 g/mol. The van der Waals surface area contributed by atoms with Gasteiger partial charge in [-0.3, -0.25) is 4.79 Å². The SMILES string of the molecule is CCCCCCCC(=O)Nc1ncccc1O. The molecular weight excluding hydrogens is 216 g/mol. The molecular formula is C13H20N2O2. The van der Waals surface area contributed by atoms with Gasteiger partial charge in [0.05, 0.1) is 0 Å². The number of nitrogens with one attached hydrogen (secondary N) is 1. The van der Waals surface area contributed by atoms with Crippen molar-refractivity contribution in [3.05, 3.63) is 18.3 Å². The molecule has 0 radical (unpaired) electrons. The standard InChI is InChI=1S/C13H20N2O2/c1-2-3-4-5-6-9-12(17)15-13-11(16)8-7-10-14-13/h7-8,10,16H,2-6,9H2,1H3,(H,14,15,17). The summed E-state index contributed by atoms with van der Waals surface area (Å²) < 4.78 is 0. The maximum absolute atomic E-state index is 11.5. The zero-order chi connectivity index (χ0) is 12.5. The smallest absolute Gasteiger partial charge is 0.225 e. The lowest BCUT2D eigenvalue weighted by atomic mass is 10.1. The molecule has 1 amide bonds. The molecule has 0 atom stereocenters. The second-order valence-corrected chi connectivity index (χ2v) is 4.08. The van der Waals surface area contributed by atoms with Gasteiger partial charge in [-0.1, -0.05) is 32.6 Å². The summed E-state index contributed by atoms with van der Waals surface area (Å²) in [5.74, 6) is 0.161. The minimum absolute atomic E-state index is 0.00633. The number of aromatic hydroxyl groups is 1. The molecule has 0 aliphatic heterocycles. The third kappa shape index (κ3) is 5.33. The molecule has 1 rings (SSSR count). The first kappa shape index (κ1) is 13.5. The van der Waals surface area contributed by atoms with Crippen LogP contribution in [0.5, 0.6) is 5.75 Å². The second kappa shape index (κ2) is 7.65. The Labute approximate surface area is 102 Å². The van der Waals surface area contributed by atoms with E-state index in [1.54, 1.807) is 6.07 Å². The minimum Gasteiger partial charge on any atom is -0.504 e. The van der Waals surface area contributed by atoms with Crippen molar-refractivity contribution >= 4 is 11.7 Å². The second-order valence-electron chi connectivity index (χ2n) is 4.08. The number of hydrogen-bond acceptors (Lipinski definition) is 3. The summed E-state index contributed by atoms with van der Waals surface area (Å²) in [6.45, 7) is 2.16. The summed E-state index contributed by atoms with van der Waals surface area (Å²) in [5.41, 5.74) is 0. The van der Waals surface area contributed by atoms with Crippen LogP contribution in [0.15, 0.2) is 18.3 Å². The first-order valence-corrected chi connectivity index (χ1v) is 6.18. The Morgan fingerprint density at radius 3 is 2.82 bits per heavy atom. The maximum atomic E-state index is 11.5. The molecule has 17 heavy (non-hydrogen) atoms. The van der Waals surface area contributed by atoms with Crippen molar-refractivity contribution in [3.8, 4) is 5.75 Å². The highest BCUT2D eigenvalue weighted by Gasteiger charge is 2.06. The van der Waals surface area contributed by atoms with Gasteiger partial charge in [-0.2, -0.15) is 0 Å². The number of carbonyl (C=O) groups excluding carboxylic acids is 1. The quantitative estimate of drug-likeness (QED) is 0.715. The summed E-state index contributed by atoms with van der Waals surface area (Å²) >= 11 is 0. The van der Waals surface area contributed by atoms with E-state index in [4.69, 9.17) is 0 Å². The molecule has 1 heterocycles. The van der Waals surface area contributed by atoms with Gasteiger partial charge in [0.15, 0.2) is 11.6 Å². The Bertz CT molecular complexity index is 353. The van der Waals surface area contributed by atoms with Gasteiger partial charge in [-0.05, 0) is 18.6 Å². The Morgan fingerprint density at radius 1 is 1.35 bits per heavy atom. The highest BCUT2D eigenvalue weighted by Crippen LogP contribution is 2.18. The lowest BCUT2D eigenvalue weighted by Crippen LogP contribution is -2.12. The van der Waals surface area contributed by atoms with E-state index in [2.05, 4.69) is 17.2 Å². The van der Waals surface area contributed by atoms with Gasteiger partial charge in [0.25, 0.3) is 0 Å². The van der Waals surface area contributed by atoms with Gasteiger partial charge in [-0.25, -0.2) is 4.98 Å². The van der Waals surface area contributed by atoms with E-state index in [9.17, 15) is 9.90 Å². The number of hydrogen-bond donors (Lipinski definition) is 2. The highest BCUT2D eigenvalue weighted by atomic mass is 16.3. The molecule has 4 nitrogen and oxygen atoms in total. The number of pyridine rings is 1. The summed E-state index contributed by atoms with van der Waals surface area (Å²) in [6.07, 6.45) is 7.60. The van der Waals surface area contributed by atoms with E-state index in [0.717, 1.165) is 12.8 Å². The molecule has 94 valence electrons. The lowest BCUT2D eigenvalue weighted by molar-refractivity contribution is -0.116. The minimum atomic E-state index is -0.0875. The third-order valence-electron chi connectivity index (χ3n) is 2.55. The van der Waals surface area contributed by atoms with Gasteiger partial charge in [-0.15, -0.1) is 0 Å². The topological polar surface area (TPSA) is 62.2 Å². The van der Waals surface area contributed by atoms with E-state index in [0.29, 0.717) is 6.42 Å². The molecule has 1 aromatic heterocycles. The fourth-order valence-electron chi connectivity index (χ4n) is 1.58. The number of unbranched alkanes of at least 4 members (excludes halogenated alkanes) is 4. The van der Waals surface area contributed by atoms with Crippen molar-refractivity contribution in [2.45, 2.75) is 45.4 Å². The van der Waals surface area contributed by atoms with Crippen LogP contribution in [0.2, 0.25) is 0 Å². The number of anilines is 1. The molecule has 0 fully saturated rings. The van der Waals surface area contributed by atoms with Crippen molar-refractivity contribution < 1.29 is 9.90 Å². The summed E-state index contributed by atoms with van der Waals surface area (Å²) in [7, 11) is 0. The fraction of sp³-hybridized carbons (Fsp3) is 0.538. The van der Waals surface area contributed by atoms with Crippen LogP contribution in [0.3, 0.4) is 0 Å². The lowest BCUT2D eigenvalue weighted by Gasteiger charge is -2.05. The number of amides is 1. The Balaban J connectivity index is 2.23. The van der Waals surface area contributed by atoms with Crippen LogP contribution in [0.1, 0.15) is 45.4 Å². The summed E-state index contributed by atoms with van der Waals surface area (Å²) in [6, 6.07) is 3.12. The van der Waals surface area contributed by atoms with Crippen molar-refractivity contribution in [2.24, 2.45) is 0 Å². The number of nitrogens with zero attached hydrogens (tertiary/aromatic N) is 1. The summed E-state index contributed by atoms with van der Waals surface area (Å²) in [4.78, 5) is 15.4. The van der Waals surface area contributed by atoms with Crippen molar-refractivity contribution in [3.63, 3.8) is 0 Å². The van der Waals surface area contributed by atoms with E-state index < -0.39 is 0 Å². The molecule has 0 aliphatic carbocycles. The summed E-state index contributed by atoms with van der Waals surface area (Å²) in [5, 5.41) is 12.0. The Hall–Kier alpha value is -1.58. The molecule has 0 saturated carbocycles. The third-order valence-corrected chi connectivity index (χ3v) is 2.55. The van der Waals surface area contributed by atoms with E-state index in [1.165, 1.54) is 31.5 Å². The molecule has 2 N–H and O–H groups in total. The van der Waals surface area contributed by atoms with Crippen LogP contribution in [-0.2, 0) is 4.79 Å². The van der Waals surface area contributed by atoms with Crippen molar-refractivity contribution in [1.82, 2.24) is 4.98 Å². The van der Waals surface area contributed by atoms with Crippen LogP contribution in [-0.4, -0.2) is 16.0 Å². The van der Waals surface area contributed by atoms with E-state index in [-0.39, 0.29) is 17.5 Å². The first-order chi connectivity index (χ1) is 8.24. The Kier molecular flexibility index (Phi) is 6.07. The zero-order valence-corrected chi connectivity index (χ0v) is 10.3. The van der Waals surface area contributed by atoms with Crippen LogP contribution < -0.4 is 5.32 Å². The predicted octanol–water partition coefficient (Wildman–Crippen LogP) is 3.09. The van der Waals surface area contributed by atoms with Crippen LogP contribution in [0.25, 0.3) is 0 Å². The monoisotopic (exact) mass is 236 g/mol. The number of carbonyl (C=O) groups is 1. The fourth-order valence-corrected chi connectivity index (χ4v) is 1.58. The predicted molar refractivity (Wildman–Crippen MR) is 67.9 cm³/mol. The molecule has 0 aliphatic rings. The molecule has 0 saturated heterocycles. The number of aromatic nitrogens is 1. The van der Waals surface area contributed by atoms with E-state index >= 15 is 0 Å². The van der Waals surface area contributed by atoms with Gasteiger partial charge < -0.3 is 10.4 Å². The molecule has 0 spiro atoms. The van der Waals surface area contributed by atoms with Crippen LogP contribution in [0.4, 0.5) is 5.82 Å². The molecule has 4 heteroatoms. The van der Waals surface area contributed by atoms with E-state index in [1.807, 2.05) is 0 Å². The van der Waals surface area contributed by atoms with Crippen LogP contribution in [0, 0.1) is 0 Å². The van der Waals surface area contributed by atoms with Gasteiger partial charge in [0, 0.05) is 12.6 Å². The van der Waals surface area contributed by atoms with Gasteiger partial charge >= 0.3 is 0 Å². The average Bonchev–Trinajstić information content (AvgIpc) is 2.32. The van der Waals surface area contributed by atoms with Crippen molar-refractivity contribution in [2.75, 3.05) is 5.32 Å². The molecule has 0 bridgehead atoms. The number of rotatable bonds is 7. The molecule has 1 aromatic rings. The van der Waals surface area contributed by atoms with Gasteiger partial charge in [0.2, 0.25) is 5.91 Å².